The fourth-order valence-electron chi connectivity index (χ4n) is 2.20. The number of methoxy groups -OCH3 is 1. The number of nitrogens with zero attached hydrogens (tertiary/aromatic N) is 1. The Morgan fingerprint density at radius 1 is 1.24 bits per heavy atom. The molecule has 1 amide bonds. The smallest absolute Gasteiger partial charge is 0.253 e. The van der Waals surface area contributed by atoms with Crippen LogP contribution in [-0.2, 0) is 6.54 Å². The molecular weight excluding hydrogens is 377 g/mol. The molecule has 0 bridgehead atoms. The third-order valence-electron chi connectivity index (χ3n) is 3.26. The number of aryl methyl sites for hydroxylation is 1. The van der Waals surface area contributed by atoms with Crippen molar-refractivity contribution in [2.24, 2.45) is 0 Å². The Bertz CT molecular complexity index is 655. The molecule has 0 saturated carbocycles. The molecule has 0 spiro atoms. The number of carbonyl (C=O) groups is 1. The number of hydrogen-bond acceptors (Lipinski definition) is 2. The monoisotopic (exact) mass is 395 g/mol. The van der Waals surface area contributed by atoms with Crippen LogP contribution in [0.3, 0.4) is 0 Å². The van der Waals surface area contributed by atoms with Gasteiger partial charge in [-0.25, -0.2) is 0 Å². The van der Waals surface area contributed by atoms with Gasteiger partial charge in [-0.05, 0) is 53.8 Å². The SMILES string of the molecule is COc1ccc(C)cc1CN(C)C(=O)c1cccc(I)c1. The Kier molecular flexibility index (Phi) is 5.22. The highest BCUT2D eigenvalue weighted by Crippen LogP contribution is 2.21. The van der Waals surface area contributed by atoms with Crippen LogP contribution >= 0.6 is 22.6 Å². The molecule has 0 atom stereocenters. The quantitative estimate of drug-likeness (QED) is 0.736. The lowest BCUT2D eigenvalue weighted by Gasteiger charge is -2.19. The van der Waals surface area contributed by atoms with E-state index < -0.39 is 0 Å². The van der Waals surface area contributed by atoms with E-state index in [1.807, 2.05) is 50.4 Å². The summed E-state index contributed by atoms with van der Waals surface area (Å²) in [6.07, 6.45) is 0. The van der Waals surface area contributed by atoms with Crippen molar-refractivity contribution >= 4 is 28.5 Å². The number of benzene rings is 2. The molecule has 4 heteroatoms. The number of ether oxygens (including phenoxy) is 1. The van der Waals surface area contributed by atoms with Gasteiger partial charge < -0.3 is 9.64 Å². The molecule has 2 aromatic carbocycles. The Morgan fingerprint density at radius 2 is 2.00 bits per heavy atom. The molecular formula is C17H18INO2. The zero-order valence-electron chi connectivity index (χ0n) is 12.4. The number of rotatable bonds is 4. The molecule has 0 radical (unpaired) electrons. The van der Waals surface area contributed by atoms with E-state index >= 15 is 0 Å². The summed E-state index contributed by atoms with van der Waals surface area (Å²) in [6, 6.07) is 13.6. The van der Waals surface area contributed by atoms with Gasteiger partial charge in [-0.1, -0.05) is 23.8 Å². The van der Waals surface area contributed by atoms with Gasteiger partial charge in [0.1, 0.15) is 5.75 Å². The first kappa shape index (κ1) is 15.8. The maximum Gasteiger partial charge on any atom is 0.253 e. The van der Waals surface area contributed by atoms with Crippen molar-refractivity contribution in [1.82, 2.24) is 4.90 Å². The highest BCUT2D eigenvalue weighted by molar-refractivity contribution is 14.1. The van der Waals surface area contributed by atoms with Gasteiger partial charge in [-0.2, -0.15) is 0 Å². The lowest BCUT2D eigenvalue weighted by Crippen LogP contribution is -2.26. The van der Waals surface area contributed by atoms with Gasteiger partial charge in [-0.15, -0.1) is 0 Å². The van der Waals surface area contributed by atoms with Crippen LogP contribution in [0.4, 0.5) is 0 Å². The van der Waals surface area contributed by atoms with E-state index in [4.69, 9.17) is 4.74 Å². The van der Waals surface area contributed by atoms with E-state index in [2.05, 4.69) is 28.7 Å². The number of carbonyl (C=O) groups excluding carboxylic acids is 1. The van der Waals surface area contributed by atoms with Crippen LogP contribution in [0.25, 0.3) is 0 Å². The molecule has 110 valence electrons. The van der Waals surface area contributed by atoms with Gasteiger partial charge >= 0.3 is 0 Å². The molecule has 2 aromatic rings. The van der Waals surface area contributed by atoms with Crippen LogP contribution in [-0.4, -0.2) is 25.0 Å². The summed E-state index contributed by atoms with van der Waals surface area (Å²) in [6.45, 7) is 2.56. The molecule has 0 aliphatic carbocycles. The molecule has 0 aliphatic rings. The third kappa shape index (κ3) is 3.97. The van der Waals surface area contributed by atoms with Crippen molar-refractivity contribution in [3.8, 4) is 5.75 Å². The molecule has 3 nitrogen and oxygen atoms in total. The molecule has 0 N–H and O–H groups in total. The Labute approximate surface area is 139 Å². The molecule has 0 aromatic heterocycles. The van der Waals surface area contributed by atoms with Crippen LogP contribution < -0.4 is 4.74 Å². The number of halogens is 1. The van der Waals surface area contributed by atoms with Crippen LogP contribution in [0.5, 0.6) is 5.75 Å². The highest BCUT2D eigenvalue weighted by atomic mass is 127. The Balaban J connectivity index is 2.19. The number of amides is 1. The Morgan fingerprint density at radius 3 is 2.67 bits per heavy atom. The van der Waals surface area contributed by atoms with E-state index in [-0.39, 0.29) is 5.91 Å². The molecule has 0 heterocycles. The van der Waals surface area contributed by atoms with Crippen molar-refractivity contribution in [2.45, 2.75) is 13.5 Å². The second kappa shape index (κ2) is 6.93. The van der Waals surface area contributed by atoms with Crippen molar-refractivity contribution < 1.29 is 9.53 Å². The molecule has 2 rings (SSSR count). The second-order valence-electron chi connectivity index (χ2n) is 4.99. The first-order valence-electron chi connectivity index (χ1n) is 6.66. The summed E-state index contributed by atoms with van der Waals surface area (Å²) < 4.78 is 6.42. The van der Waals surface area contributed by atoms with Crippen molar-refractivity contribution in [1.29, 1.82) is 0 Å². The maximum absolute atomic E-state index is 12.5. The van der Waals surface area contributed by atoms with Gasteiger partial charge in [0.25, 0.3) is 5.91 Å². The van der Waals surface area contributed by atoms with Crippen molar-refractivity contribution in [2.75, 3.05) is 14.2 Å². The Hall–Kier alpha value is -1.56. The molecule has 0 aliphatic heterocycles. The molecule has 0 saturated heterocycles. The van der Waals surface area contributed by atoms with E-state index in [0.29, 0.717) is 12.1 Å². The normalized spacial score (nSPS) is 10.3. The summed E-state index contributed by atoms with van der Waals surface area (Å²) in [5.41, 5.74) is 2.87. The van der Waals surface area contributed by atoms with E-state index in [1.54, 1.807) is 12.0 Å². The molecule has 21 heavy (non-hydrogen) atoms. The minimum absolute atomic E-state index is 0.0112. The lowest BCUT2D eigenvalue weighted by atomic mass is 10.1. The van der Waals surface area contributed by atoms with Gasteiger partial charge in [0.05, 0.1) is 7.11 Å². The van der Waals surface area contributed by atoms with Crippen LogP contribution in [0, 0.1) is 10.5 Å². The highest BCUT2D eigenvalue weighted by Gasteiger charge is 2.14. The van der Waals surface area contributed by atoms with E-state index in [9.17, 15) is 4.79 Å². The van der Waals surface area contributed by atoms with Crippen LogP contribution in [0.2, 0.25) is 0 Å². The van der Waals surface area contributed by atoms with Crippen LogP contribution in [0.15, 0.2) is 42.5 Å². The summed E-state index contributed by atoms with van der Waals surface area (Å²) >= 11 is 2.21. The number of hydrogen-bond donors (Lipinski definition) is 0. The lowest BCUT2D eigenvalue weighted by molar-refractivity contribution is 0.0784. The predicted octanol–water partition coefficient (Wildman–Crippen LogP) is 3.88. The average molecular weight is 395 g/mol. The fraction of sp³-hybridized carbons (Fsp3) is 0.235. The van der Waals surface area contributed by atoms with Crippen molar-refractivity contribution in [3.63, 3.8) is 0 Å². The topological polar surface area (TPSA) is 29.5 Å². The first-order valence-corrected chi connectivity index (χ1v) is 7.73. The minimum atomic E-state index is 0.0112. The fourth-order valence-corrected chi connectivity index (χ4v) is 2.74. The standard InChI is InChI=1S/C17H18INO2/c1-12-7-8-16(21-3)14(9-12)11-19(2)17(20)13-5-4-6-15(18)10-13/h4-10H,11H2,1-3H3. The average Bonchev–Trinajstić information content (AvgIpc) is 2.46. The van der Waals surface area contributed by atoms with Gasteiger partial charge in [-0.3, -0.25) is 4.79 Å². The summed E-state index contributed by atoms with van der Waals surface area (Å²) in [5.74, 6) is 0.819. The maximum atomic E-state index is 12.5. The zero-order valence-corrected chi connectivity index (χ0v) is 14.5. The summed E-state index contributed by atoms with van der Waals surface area (Å²) in [5, 5.41) is 0. The molecule has 0 unspecified atom stereocenters. The van der Waals surface area contributed by atoms with Crippen LogP contribution in [0.1, 0.15) is 21.5 Å². The van der Waals surface area contributed by atoms with Gasteiger partial charge in [0, 0.05) is 28.3 Å². The summed E-state index contributed by atoms with van der Waals surface area (Å²) in [4.78, 5) is 14.2. The molecule has 0 fully saturated rings. The zero-order chi connectivity index (χ0) is 15.4. The van der Waals surface area contributed by atoms with E-state index in [1.165, 1.54) is 0 Å². The van der Waals surface area contributed by atoms with E-state index in [0.717, 1.165) is 20.4 Å². The first-order chi connectivity index (χ1) is 10.0. The van der Waals surface area contributed by atoms with Gasteiger partial charge in [0.15, 0.2) is 0 Å². The predicted molar refractivity (Wildman–Crippen MR) is 92.7 cm³/mol. The largest absolute Gasteiger partial charge is 0.496 e. The minimum Gasteiger partial charge on any atom is -0.496 e. The van der Waals surface area contributed by atoms with Gasteiger partial charge in [0.2, 0.25) is 0 Å². The van der Waals surface area contributed by atoms with Crippen molar-refractivity contribution in [3.05, 3.63) is 62.7 Å². The summed E-state index contributed by atoms with van der Waals surface area (Å²) in [7, 11) is 3.46. The second-order valence-corrected chi connectivity index (χ2v) is 6.23. The third-order valence-corrected chi connectivity index (χ3v) is 3.93.